The molecule has 0 saturated carbocycles. The molecule has 0 radical (unpaired) electrons. The average molecular weight is 277 g/mol. The SMILES string of the molecule is Cc1nnc(NC(=O)C2(C)CCCNC2)s1.Cl. The molecule has 0 spiro atoms. The Balaban J connectivity index is 0.00000144. The fourth-order valence-corrected chi connectivity index (χ4v) is 2.43. The monoisotopic (exact) mass is 276 g/mol. The molecular formula is C10H17ClN4OS. The van der Waals surface area contributed by atoms with Gasteiger partial charge in [-0.15, -0.1) is 22.6 Å². The third-order valence-electron chi connectivity index (χ3n) is 2.89. The van der Waals surface area contributed by atoms with Crippen molar-refractivity contribution in [2.45, 2.75) is 26.7 Å². The smallest absolute Gasteiger partial charge is 0.233 e. The van der Waals surface area contributed by atoms with Gasteiger partial charge in [0.25, 0.3) is 0 Å². The summed E-state index contributed by atoms with van der Waals surface area (Å²) < 4.78 is 0. The molecule has 2 heterocycles. The first-order valence-electron chi connectivity index (χ1n) is 5.42. The van der Waals surface area contributed by atoms with Gasteiger partial charge >= 0.3 is 0 Å². The van der Waals surface area contributed by atoms with Gasteiger partial charge in [0.2, 0.25) is 11.0 Å². The molecule has 17 heavy (non-hydrogen) atoms. The van der Waals surface area contributed by atoms with E-state index in [1.54, 1.807) is 0 Å². The number of piperidine rings is 1. The Kier molecular flexibility index (Phi) is 4.85. The molecule has 0 bridgehead atoms. The molecule has 1 aromatic rings. The van der Waals surface area contributed by atoms with Gasteiger partial charge in [0.05, 0.1) is 5.41 Å². The number of hydrogen-bond donors (Lipinski definition) is 2. The van der Waals surface area contributed by atoms with Crippen molar-refractivity contribution in [3.8, 4) is 0 Å². The first-order valence-corrected chi connectivity index (χ1v) is 6.24. The van der Waals surface area contributed by atoms with Crippen molar-refractivity contribution in [2.24, 2.45) is 5.41 Å². The fraction of sp³-hybridized carbons (Fsp3) is 0.700. The molecule has 0 aromatic carbocycles. The minimum Gasteiger partial charge on any atom is -0.316 e. The lowest BCUT2D eigenvalue weighted by atomic mass is 9.82. The van der Waals surface area contributed by atoms with Crippen LogP contribution in [0.3, 0.4) is 0 Å². The molecule has 1 atom stereocenters. The Hall–Kier alpha value is -0.720. The van der Waals surface area contributed by atoms with E-state index in [4.69, 9.17) is 0 Å². The first-order chi connectivity index (χ1) is 7.60. The van der Waals surface area contributed by atoms with Crippen LogP contribution in [0.5, 0.6) is 0 Å². The maximum atomic E-state index is 12.1. The van der Waals surface area contributed by atoms with Gasteiger partial charge in [0, 0.05) is 6.54 Å². The Morgan fingerprint density at radius 3 is 2.82 bits per heavy atom. The third-order valence-corrected chi connectivity index (χ3v) is 3.65. The molecule has 1 amide bonds. The number of aromatic nitrogens is 2. The van der Waals surface area contributed by atoms with E-state index in [0.717, 1.165) is 30.9 Å². The van der Waals surface area contributed by atoms with Crippen LogP contribution < -0.4 is 10.6 Å². The van der Waals surface area contributed by atoms with Crippen LogP contribution in [-0.4, -0.2) is 29.2 Å². The Morgan fingerprint density at radius 1 is 1.53 bits per heavy atom. The van der Waals surface area contributed by atoms with Gasteiger partial charge in [-0.25, -0.2) is 0 Å². The number of halogens is 1. The van der Waals surface area contributed by atoms with E-state index in [9.17, 15) is 4.79 Å². The zero-order valence-corrected chi connectivity index (χ0v) is 11.6. The molecule has 1 unspecified atom stereocenters. The number of nitrogens with zero attached hydrogens (tertiary/aromatic N) is 2. The molecule has 5 nitrogen and oxygen atoms in total. The van der Waals surface area contributed by atoms with Gasteiger partial charge in [-0.3, -0.25) is 4.79 Å². The van der Waals surface area contributed by atoms with Crippen LogP contribution >= 0.6 is 23.7 Å². The number of carbonyl (C=O) groups excluding carboxylic acids is 1. The lowest BCUT2D eigenvalue weighted by molar-refractivity contribution is -0.125. The van der Waals surface area contributed by atoms with Crippen LogP contribution in [-0.2, 0) is 4.79 Å². The topological polar surface area (TPSA) is 66.9 Å². The number of amides is 1. The van der Waals surface area contributed by atoms with E-state index in [-0.39, 0.29) is 23.7 Å². The summed E-state index contributed by atoms with van der Waals surface area (Å²) in [5.41, 5.74) is -0.322. The minimum atomic E-state index is -0.322. The van der Waals surface area contributed by atoms with Gasteiger partial charge in [0.15, 0.2) is 0 Å². The van der Waals surface area contributed by atoms with Crippen molar-refractivity contribution in [1.82, 2.24) is 15.5 Å². The van der Waals surface area contributed by atoms with Gasteiger partial charge in [-0.1, -0.05) is 11.3 Å². The lowest BCUT2D eigenvalue weighted by Crippen LogP contribution is -2.46. The number of nitrogens with one attached hydrogen (secondary N) is 2. The van der Waals surface area contributed by atoms with Crippen LogP contribution in [0.15, 0.2) is 0 Å². The zero-order chi connectivity index (χ0) is 11.6. The molecule has 2 N–H and O–H groups in total. The molecule has 1 aliphatic heterocycles. The van der Waals surface area contributed by atoms with Gasteiger partial charge < -0.3 is 10.6 Å². The maximum Gasteiger partial charge on any atom is 0.233 e. The second kappa shape index (κ2) is 5.75. The number of aryl methyl sites for hydroxylation is 1. The van der Waals surface area contributed by atoms with Crippen molar-refractivity contribution in [1.29, 1.82) is 0 Å². The highest BCUT2D eigenvalue weighted by molar-refractivity contribution is 7.15. The summed E-state index contributed by atoms with van der Waals surface area (Å²) in [6, 6.07) is 0. The minimum absolute atomic E-state index is 0. The van der Waals surface area contributed by atoms with Gasteiger partial charge in [-0.2, -0.15) is 0 Å². The van der Waals surface area contributed by atoms with E-state index in [1.165, 1.54) is 11.3 Å². The van der Waals surface area contributed by atoms with Gasteiger partial charge in [0.1, 0.15) is 5.01 Å². The van der Waals surface area contributed by atoms with Gasteiger partial charge in [-0.05, 0) is 33.2 Å². The van der Waals surface area contributed by atoms with Crippen molar-refractivity contribution in [2.75, 3.05) is 18.4 Å². The maximum absolute atomic E-state index is 12.1. The van der Waals surface area contributed by atoms with E-state index >= 15 is 0 Å². The summed E-state index contributed by atoms with van der Waals surface area (Å²) in [6.45, 7) is 5.59. The molecule has 1 fully saturated rings. The molecule has 2 rings (SSSR count). The molecule has 1 saturated heterocycles. The van der Waals surface area contributed by atoms with E-state index in [0.29, 0.717) is 5.13 Å². The summed E-state index contributed by atoms with van der Waals surface area (Å²) in [5, 5.41) is 15.3. The predicted molar refractivity (Wildman–Crippen MR) is 70.7 cm³/mol. The van der Waals surface area contributed by atoms with Crippen molar-refractivity contribution < 1.29 is 4.79 Å². The van der Waals surface area contributed by atoms with Crippen molar-refractivity contribution in [3.63, 3.8) is 0 Å². The van der Waals surface area contributed by atoms with Crippen LogP contribution in [0.1, 0.15) is 24.8 Å². The summed E-state index contributed by atoms with van der Waals surface area (Å²) in [5.74, 6) is 0.0378. The summed E-state index contributed by atoms with van der Waals surface area (Å²) in [6.07, 6.45) is 1.96. The van der Waals surface area contributed by atoms with E-state index in [2.05, 4.69) is 20.8 Å². The zero-order valence-electron chi connectivity index (χ0n) is 9.95. The quantitative estimate of drug-likeness (QED) is 0.861. The lowest BCUT2D eigenvalue weighted by Gasteiger charge is -2.32. The highest BCUT2D eigenvalue weighted by Crippen LogP contribution is 2.27. The Bertz CT molecular complexity index is 389. The number of hydrogen-bond acceptors (Lipinski definition) is 5. The van der Waals surface area contributed by atoms with Crippen LogP contribution in [0.25, 0.3) is 0 Å². The fourth-order valence-electron chi connectivity index (χ4n) is 1.85. The predicted octanol–water partition coefficient (Wildman–Crippen LogP) is 1.60. The second-order valence-corrected chi connectivity index (χ2v) is 5.60. The normalized spacial score (nSPS) is 23.9. The highest BCUT2D eigenvalue weighted by atomic mass is 35.5. The first kappa shape index (κ1) is 14.3. The number of carbonyl (C=O) groups is 1. The average Bonchev–Trinajstić information content (AvgIpc) is 2.65. The summed E-state index contributed by atoms with van der Waals surface area (Å²) in [4.78, 5) is 12.1. The van der Waals surface area contributed by atoms with Crippen molar-refractivity contribution >= 4 is 34.8 Å². The Labute approximate surface area is 111 Å². The van der Waals surface area contributed by atoms with E-state index < -0.39 is 0 Å². The van der Waals surface area contributed by atoms with Crippen molar-refractivity contribution in [3.05, 3.63) is 5.01 Å². The number of rotatable bonds is 2. The van der Waals surface area contributed by atoms with Crippen LogP contribution in [0, 0.1) is 12.3 Å². The number of anilines is 1. The molecule has 1 aromatic heterocycles. The largest absolute Gasteiger partial charge is 0.316 e. The molecule has 96 valence electrons. The third kappa shape index (κ3) is 3.37. The highest BCUT2D eigenvalue weighted by Gasteiger charge is 2.35. The standard InChI is InChI=1S/C10H16N4OS.ClH/c1-7-13-14-9(16-7)12-8(15)10(2)4-3-5-11-6-10;/h11H,3-6H2,1-2H3,(H,12,14,15);1H. The second-order valence-electron chi connectivity index (χ2n) is 4.42. The van der Waals surface area contributed by atoms with Crippen LogP contribution in [0.4, 0.5) is 5.13 Å². The molecule has 0 aliphatic carbocycles. The molecular weight excluding hydrogens is 260 g/mol. The van der Waals surface area contributed by atoms with E-state index in [1.807, 2.05) is 13.8 Å². The summed E-state index contributed by atoms with van der Waals surface area (Å²) in [7, 11) is 0. The Morgan fingerprint density at radius 2 is 2.29 bits per heavy atom. The molecule has 1 aliphatic rings. The molecule has 7 heteroatoms. The summed E-state index contributed by atoms with van der Waals surface area (Å²) >= 11 is 1.40. The van der Waals surface area contributed by atoms with Crippen LogP contribution in [0.2, 0.25) is 0 Å².